The number of hydrogen-bond acceptors (Lipinski definition) is 2. The lowest BCUT2D eigenvalue weighted by molar-refractivity contribution is -0.127. The molecule has 4 nitrogen and oxygen atoms in total. The quantitative estimate of drug-likeness (QED) is 0.556. The molecular weight excluding hydrogens is 237 g/mol. The molecule has 0 N–H and O–H groups in total. The van der Waals surface area contributed by atoms with Crippen molar-refractivity contribution >= 4 is 37.1 Å². The van der Waals surface area contributed by atoms with Crippen molar-refractivity contribution in [3.63, 3.8) is 0 Å². The highest BCUT2D eigenvalue weighted by Gasteiger charge is 2.18. The number of carbonyl (C=O) groups excluding carboxylic acids is 1. The highest BCUT2D eigenvalue weighted by atomic mass is 35.5. The standard InChI is InChI=1S/C9H17N3O.2ClH/c1-11(2)8-10-5-7-12-6-3-4-9(12)13;;/h8H,3-7H2,1-2H3;2*1H. The number of nitrogens with zero attached hydrogens (tertiary/aromatic N) is 3. The summed E-state index contributed by atoms with van der Waals surface area (Å²) in [5.41, 5.74) is 0. The zero-order valence-corrected chi connectivity index (χ0v) is 10.8. The molecule has 0 aromatic carbocycles. The Morgan fingerprint density at radius 1 is 1.47 bits per heavy atom. The molecule has 90 valence electrons. The van der Waals surface area contributed by atoms with E-state index >= 15 is 0 Å². The summed E-state index contributed by atoms with van der Waals surface area (Å²) in [6.07, 6.45) is 3.51. The fraction of sp³-hybridized carbons (Fsp3) is 0.778. The molecule has 1 aliphatic rings. The van der Waals surface area contributed by atoms with Gasteiger partial charge in [-0.2, -0.15) is 0 Å². The second kappa shape index (κ2) is 8.80. The molecule has 1 fully saturated rings. The summed E-state index contributed by atoms with van der Waals surface area (Å²) in [4.78, 5) is 19.1. The van der Waals surface area contributed by atoms with Gasteiger partial charge in [0.1, 0.15) is 0 Å². The molecule has 0 aliphatic carbocycles. The van der Waals surface area contributed by atoms with E-state index in [0.717, 1.165) is 25.9 Å². The molecule has 0 atom stereocenters. The highest BCUT2D eigenvalue weighted by molar-refractivity contribution is 5.85. The Balaban J connectivity index is 0. The molecule has 6 heteroatoms. The molecule has 0 bridgehead atoms. The molecule has 0 aromatic rings. The van der Waals surface area contributed by atoms with Crippen molar-refractivity contribution in [3.8, 4) is 0 Å². The molecular formula is C9H19Cl2N3O. The average Bonchev–Trinajstić information content (AvgIpc) is 2.45. The molecule has 15 heavy (non-hydrogen) atoms. The maximum atomic E-state index is 11.2. The van der Waals surface area contributed by atoms with Gasteiger partial charge in [0.05, 0.1) is 12.9 Å². The summed E-state index contributed by atoms with van der Waals surface area (Å²) in [5.74, 6) is 0.278. The fourth-order valence-electron chi connectivity index (χ4n) is 1.34. The Kier molecular flexibility index (Phi) is 9.93. The summed E-state index contributed by atoms with van der Waals surface area (Å²) in [6, 6.07) is 0. The van der Waals surface area contributed by atoms with E-state index in [9.17, 15) is 4.79 Å². The summed E-state index contributed by atoms with van der Waals surface area (Å²) in [6.45, 7) is 2.39. The Hall–Kier alpha value is -0.480. The smallest absolute Gasteiger partial charge is 0.222 e. The number of carbonyl (C=O) groups is 1. The van der Waals surface area contributed by atoms with E-state index in [1.165, 1.54) is 0 Å². The number of rotatable bonds is 4. The van der Waals surface area contributed by atoms with Gasteiger partial charge in [0.2, 0.25) is 5.91 Å². The summed E-state index contributed by atoms with van der Waals surface area (Å²) in [7, 11) is 3.87. The molecule has 1 amide bonds. The van der Waals surface area contributed by atoms with Crippen molar-refractivity contribution in [3.05, 3.63) is 0 Å². The first-order valence-corrected chi connectivity index (χ1v) is 4.64. The van der Waals surface area contributed by atoms with Crippen LogP contribution >= 0.6 is 24.8 Å². The normalized spacial score (nSPS) is 15.1. The molecule has 0 radical (unpaired) electrons. The molecule has 1 saturated heterocycles. The summed E-state index contributed by atoms with van der Waals surface area (Å²) < 4.78 is 0. The van der Waals surface area contributed by atoms with E-state index in [2.05, 4.69) is 4.99 Å². The summed E-state index contributed by atoms with van der Waals surface area (Å²) >= 11 is 0. The van der Waals surface area contributed by atoms with E-state index in [1.54, 1.807) is 6.34 Å². The van der Waals surface area contributed by atoms with Gasteiger partial charge in [0, 0.05) is 33.6 Å². The number of likely N-dealkylation sites (tertiary alicyclic amines) is 1. The second-order valence-corrected chi connectivity index (χ2v) is 3.47. The molecule has 0 saturated carbocycles. The maximum Gasteiger partial charge on any atom is 0.222 e. The van der Waals surface area contributed by atoms with Gasteiger partial charge in [0.25, 0.3) is 0 Å². The van der Waals surface area contributed by atoms with Gasteiger partial charge in [-0.3, -0.25) is 9.79 Å². The Morgan fingerprint density at radius 3 is 2.60 bits per heavy atom. The van der Waals surface area contributed by atoms with Crippen LogP contribution in [-0.2, 0) is 4.79 Å². The Morgan fingerprint density at radius 2 is 2.13 bits per heavy atom. The highest BCUT2D eigenvalue weighted by Crippen LogP contribution is 2.08. The van der Waals surface area contributed by atoms with Crippen LogP contribution in [0.3, 0.4) is 0 Å². The topological polar surface area (TPSA) is 35.9 Å². The minimum absolute atomic E-state index is 0. The third kappa shape index (κ3) is 6.57. The number of amides is 1. The monoisotopic (exact) mass is 255 g/mol. The zero-order valence-electron chi connectivity index (χ0n) is 9.18. The second-order valence-electron chi connectivity index (χ2n) is 3.47. The molecule has 1 rings (SSSR count). The predicted molar refractivity (Wildman–Crippen MR) is 67.4 cm³/mol. The number of hydrogen-bond donors (Lipinski definition) is 0. The SMILES string of the molecule is CN(C)C=NCCN1CCCC1=O.Cl.Cl. The fourth-order valence-corrected chi connectivity index (χ4v) is 1.34. The van der Waals surface area contributed by atoms with Crippen LogP contribution in [0.15, 0.2) is 4.99 Å². The van der Waals surface area contributed by atoms with Crippen LogP contribution in [0.2, 0.25) is 0 Å². The first kappa shape index (κ1) is 16.9. The van der Waals surface area contributed by atoms with E-state index in [4.69, 9.17) is 0 Å². The predicted octanol–water partition coefficient (Wildman–Crippen LogP) is 1.04. The van der Waals surface area contributed by atoms with Gasteiger partial charge in [-0.1, -0.05) is 0 Å². The van der Waals surface area contributed by atoms with Gasteiger partial charge < -0.3 is 9.80 Å². The molecule has 1 aliphatic heterocycles. The average molecular weight is 256 g/mol. The lowest BCUT2D eigenvalue weighted by atomic mass is 10.4. The van der Waals surface area contributed by atoms with Crippen LogP contribution in [-0.4, -0.2) is 55.8 Å². The Labute approximate surface area is 104 Å². The first-order valence-electron chi connectivity index (χ1n) is 4.64. The largest absolute Gasteiger partial charge is 0.369 e. The van der Waals surface area contributed by atoms with Crippen molar-refractivity contribution < 1.29 is 4.79 Å². The molecule has 0 unspecified atom stereocenters. The zero-order chi connectivity index (χ0) is 9.68. The van der Waals surface area contributed by atoms with Gasteiger partial charge in [-0.25, -0.2) is 0 Å². The number of halogens is 2. The molecule has 0 spiro atoms. The van der Waals surface area contributed by atoms with Gasteiger partial charge in [-0.05, 0) is 6.42 Å². The Bertz CT molecular complexity index is 210. The lowest BCUT2D eigenvalue weighted by Crippen LogP contribution is -2.27. The van der Waals surface area contributed by atoms with Crippen LogP contribution in [0.25, 0.3) is 0 Å². The first-order chi connectivity index (χ1) is 6.20. The van der Waals surface area contributed by atoms with Gasteiger partial charge in [0.15, 0.2) is 0 Å². The van der Waals surface area contributed by atoms with Crippen molar-refractivity contribution in [2.24, 2.45) is 4.99 Å². The number of aliphatic imine (C=N–C) groups is 1. The molecule has 1 heterocycles. The van der Waals surface area contributed by atoms with E-state index in [0.29, 0.717) is 6.54 Å². The van der Waals surface area contributed by atoms with Crippen molar-refractivity contribution in [1.82, 2.24) is 9.80 Å². The van der Waals surface area contributed by atoms with Gasteiger partial charge >= 0.3 is 0 Å². The third-order valence-electron chi connectivity index (χ3n) is 1.98. The van der Waals surface area contributed by atoms with Crippen molar-refractivity contribution in [1.29, 1.82) is 0 Å². The summed E-state index contributed by atoms with van der Waals surface area (Å²) in [5, 5.41) is 0. The van der Waals surface area contributed by atoms with Crippen LogP contribution in [0.5, 0.6) is 0 Å². The van der Waals surface area contributed by atoms with Crippen LogP contribution in [0.1, 0.15) is 12.8 Å². The van der Waals surface area contributed by atoms with Crippen LogP contribution < -0.4 is 0 Å². The van der Waals surface area contributed by atoms with Crippen molar-refractivity contribution in [2.75, 3.05) is 33.7 Å². The van der Waals surface area contributed by atoms with E-state index < -0.39 is 0 Å². The minimum atomic E-state index is 0. The van der Waals surface area contributed by atoms with Crippen molar-refractivity contribution in [2.45, 2.75) is 12.8 Å². The van der Waals surface area contributed by atoms with Crippen LogP contribution in [0, 0.1) is 0 Å². The van der Waals surface area contributed by atoms with Gasteiger partial charge in [-0.15, -0.1) is 24.8 Å². The van der Waals surface area contributed by atoms with E-state index in [1.807, 2.05) is 23.9 Å². The lowest BCUT2D eigenvalue weighted by Gasteiger charge is -2.13. The molecule has 0 aromatic heterocycles. The maximum absolute atomic E-state index is 11.2. The minimum Gasteiger partial charge on any atom is -0.369 e. The van der Waals surface area contributed by atoms with E-state index in [-0.39, 0.29) is 30.7 Å². The third-order valence-corrected chi connectivity index (χ3v) is 1.98. The van der Waals surface area contributed by atoms with Crippen LogP contribution in [0.4, 0.5) is 0 Å².